The van der Waals surface area contributed by atoms with Crippen molar-refractivity contribution in [3.63, 3.8) is 0 Å². The van der Waals surface area contributed by atoms with Crippen LogP contribution in [0.1, 0.15) is 15.9 Å². The molecule has 0 amide bonds. The maximum Gasteiger partial charge on any atom is 0.310 e. The summed E-state index contributed by atoms with van der Waals surface area (Å²) >= 11 is 7.41. The van der Waals surface area contributed by atoms with Gasteiger partial charge in [0, 0.05) is 21.0 Å². The Labute approximate surface area is 142 Å². The van der Waals surface area contributed by atoms with Gasteiger partial charge in [0.1, 0.15) is 5.82 Å². The summed E-state index contributed by atoms with van der Waals surface area (Å²) in [4.78, 5) is 24.7. The van der Waals surface area contributed by atoms with Crippen molar-refractivity contribution in [2.45, 2.75) is 11.3 Å². The Balaban J connectivity index is 1.92. The van der Waals surface area contributed by atoms with Crippen LogP contribution in [-0.2, 0) is 16.0 Å². The standard InChI is InChI=1S/C17H14ClFO3S/c1-23-12-7-5-11(6-8-12)16(20)10-22-17(21)9-13-14(18)3-2-4-15(13)19/h2-8H,9-10H2,1H3. The molecule has 0 spiro atoms. The summed E-state index contributed by atoms with van der Waals surface area (Å²) in [6.07, 6.45) is 1.62. The number of esters is 1. The fraction of sp³-hybridized carbons (Fsp3) is 0.176. The molecular weight excluding hydrogens is 339 g/mol. The highest BCUT2D eigenvalue weighted by molar-refractivity contribution is 7.98. The van der Waals surface area contributed by atoms with Crippen molar-refractivity contribution in [2.75, 3.05) is 12.9 Å². The normalized spacial score (nSPS) is 10.4. The van der Waals surface area contributed by atoms with Gasteiger partial charge in [0.15, 0.2) is 12.4 Å². The van der Waals surface area contributed by atoms with E-state index < -0.39 is 11.8 Å². The predicted octanol–water partition coefficient (Wildman–Crippen LogP) is 4.17. The summed E-state index contributed by atoms with van der Waals surface area (Å²) < 4.78 is 18.5. The lowest BCUT2D eigenvalue weighted by Crippen LogP contribution is -2.16. The molecule has 120 valence electrons. The lowest BCUT2D eigenvalue weighted by Gasteiger charge is -2.07. The van der Waals surface area contributed by atoms with Crippen molar-refractivity contribution in [1.29, 1.82) is 0 Å². The van der Waals surface area contributed by atoms with E-state index in [2.05, 4.69) is 0 Å². The molecule has 2 aromatic carbocycles. The van der Waals surface area contributed by atoms with Gasteiger partial charge in [-0.3, -0.25) is 9.59 Å². The Morgan fingerprint density at radius 3 is 2.48 bits per heavy atom. The van der Waals surface area contributed by atoms with Gasteiger partial charge in [-0.05, 0) is 30.5 Å². The second-order valence-electron chi connectivity index (χ2n) is 4.69. The number of hydrogen-bond acceptors (Lipinski definition) is 4. The molecule has 0 heterocycles. The summed E-state index contributed by atoms with van der Waals surface area (Å²) in [5, 5.41) is 0.154. The first-order valence-electron chi connectivity index (χ1n) is 6.77. The van der Waals surface area contributed by atoms with Crippen molar-refractivity contribution in [1.82, 2.24) is 0 Å². The van der Waals surface area contributed by atoms with Crippen molar-refractivity contribution in [3.05, 3.63) is 64.4 Å². The molecule has 2 aromatic rings. The molecule has 0 saturated carbocycles. The number of halogens is 2. The molecule has 0 bridgehead atoms. The van der Waals surface area contributed by atoms with Gasteiger partial charge in [0.05, 0.1) is 6.42 Å². The fourth-order valence-corrected chi connectivity index (χ4v) is 2.54. The molecule has 0 aliphatic rings. The highest BCUT2D eigenvalue weighted by Crippen LogP contribution is 2.20. The average Bonchev–Trinajstić information content (AvgIpc) is 2.56. The predicted molar refractivity (Wildman–Crippen MR) is 88.6 cm³/mol. The molecule has 0 atom stereocenters. The molecule has 3 nitrogen and oxygen atoms in total. The molecule has 0 fully saturated rings. The van der Waals surface area contributed by atoms with Gasteiger partial charge in [0.2, 0.25) is 0 Å². The van der Waals surface area contributed by atoms with Crippen LogP contribution < -0.4 is 0 Å². The van der Waals surface area contributed by atoms with E-state index in [9.17, 15) is 14.0 Å². The number of ketones is 1. The van der Waals surface area contributed by atoms with Crippen LogP contribution in [0.4, 0.5) is 4.39 Å². The zero-order valence-electron chi connectivity index (χ0n) is 12.3. The number of thioether (sulfide) groups is 1. The molecule has 0 aliphatic heterocycles. The van der Waals surface area contributed by atoms with Crippen LogP contribution >= 0.6 is 23.4 Å². The minimum Gasteiger partial charge on any atom is -0.457 e. The van der Waals surface area contributed by atoms with Crippen LogP contribution in [-0.4, -0.2) is 24.6 Å². The first kappa shape index (κ1) is 17.5. The zero-order valence-corrected chi connectivity index (χ0v) is 13.9. The monoisotopic (exact) mass is 352 g/mol. The Morgan fingerprint density at radius 2 is 1.87 bits per heavy atom. The van der Waals surface area contributed by atoms with E-state index in [-0.39, 0.29) is 29.4 Å². The van der Waals surface area contributed by atoms with E-state index in [1.165, 1.54) is 18.2 Å². The zero-order chi connectivity index (χ0) is 16.8. The van der Waals surface area contributed by atoms with Crippen molar-refractivity contribution in [3.8, 4) is 0 Å². The summed E-state index contributed by atoms with van der Waals surface area (Å²) in [5.74, 6) is -1.59. The van der Waals surface area contributed by atoms with Gasteiger partial charge < -0.3 is 4.74 Å². The van der Waals surface area contributed by atoms with Crippen molar-refractivity contribution >= 4 is 35.1 Å². The van der Waals surface area contributed by atoms with Gasteiger partial charge in [-0.25, -0.2) is 4.39 Å². The Kier molecular flexibility index (Phi) is 6.19. The number of carbonyl (C=O) groups excluding carboxylic acids is 2. The molecule has 0 aliphatic carbocycles. The van der Waals surface area contributed by atoms with Crippen LogP contribution in [0.25, 0.3) is 0 Å². The quantitative estimate of drug-likeness (QED) is 0.444. The highest BCUT2D eigenvalue weighted by atomic mass is 35.5. The van der Waals surface area contributed by atoms with Crippen LogP contribution in [0.2, 0.25) is 5.02 Å². The molecule has 0 aromatic heterocycles. The first-order chi connectivity index (χ1) is 11.0. The number of benzene rings is 2. The van der Waals surface area contributed by atoms with E-state index in [1.807, 2.05) is 18.4 Å². The largest absolute Gasteiger partial charge is 0.457 e. The van der Waals surface area contributed by atoms with Crippen LogP contribution in [0.3, 0.4) is 0 Å². The molecule has 0 N–H and O–H groups in total. The van der Waals surface area contributed by atoms with E-state index >= 15 is 0 Å². The maximum absolute atomic E-state index is 13.6. The maximum atomic E-state index is 13.6. The lowest BCUT2D eigenvalue weighted by atomic mass is 10.1. The van der Waals surface area contributed by atoms with Crippen LogP contribution in [0.15, 0.2) is 47.4 Å². The number of rotatable bonds is 6. The van der Waals surface area contributed by atoms with Crippen molar-refractivity contribution < 1.29 is 18.7 Å². The van der Waals surface area contributed by atoms with E-state index in [1.54, 1.807) is 23.9 Å². The molecule has 0 radical (unpaired) electrons. The number of ether oxygens (including phenoxy) is 1. The van der Waals surface area contributed by atoms with E-state index in [0.29, 0.717) is 5.56 Å². The van der Waals surface area contributed by atoms with Gasteiger partial charge in [-0.15, -0.1) is 11.8 Å². The highest BCUT2D eigenvalue weighted by Gasteiger charge is 2.15. The number of hydrogen-bond donors (Lipinski definition) is 0. The van der Waals surface area contributed by atoms with Gasteiger partial charge >= 0.3 is 5.97 Å². The van der Waals surface area contributed by atoms with Gasteiger partial charge in [0.25, 0.3) is 0 Å². The minimum absolute atomic E-state index is 0.0657. The first-order valence-corrected chi connectivity index (χ1v) is 8.37. The molecule has 6 heteroatoms. The molecule has 0 saturated heterocycles. The third-order valence-corrected chi connectivity index (χ3v) is 4.26. The minimum atomic E-state index is -0.703. The van der Waals surface area contributed by atoms with E-state index in [0.717, 1.165) is 4.90 Å². The Bertz CT molecular complexity index is 696. The van der Waals surface area contributed by atoms with Crippen molar-refractivity contribution in [2.24, 2.45) is 0 Å². The summed E-state index contributed by atoms with van der Waals surface area (Å²) in [6, 6.07) is 11.1. The summed E-state index contributed by atoms with van der Waals surface area (Å²) in [6.45, 7) is -0.385. The third-order valence-electron chi connectivity index (χ3n) is 3.16. The smallest absolute Gasteiger partial charge is 0.310 e. The molecule has 2 rings (SSSR count). The molecule has 0 unspecified atom stereocenters. The fourth-order valence-electron chi connectivity index (χ4n) is 1.90. The average molecular weight is 353 g/mol. The van der Waals surface area contributed by atoms with Gasteiger partial charge in [-0.1, -0.05) is 29.8 Å². The summed E-state index contributed by atoms with van der Waals surface area (Å²) in [7, 11) is 0. The SMILES string of the molecule is CSc1ccc(C(=O)COC(=O)Cc2c(F)cccc2Cl)cc1. The molecule has 23 heavy (non-hydrogen) atoms. The second kappa shape index (κ2) is 8.13. The number of Topliss-reactive ketones (excluding diaryl/α,β-unsaturated/α-hetero) is 1. The van der Waals surface area contributed by atoms with E-state index in [4.69, 9.17) is 16.3 Å². The summed E-state index contributed by atoms with van der Waals surface area (Å²) in [5.41, 5.74) is 0.524. The molecular formula is C17H14ClFO3S. The Hall–Kier alpha value is -1.85. The van der Waals surface area contributed by atoms with Crippen LogP contribution in [0, 0.1) is 5.82 Å². The topological polar surface area (TPSA) is 43.4 Å². The second-order valence-corrected chi connectivity index (χ2v) is 5.98. The third kappa shape index (κ3) is 4.81. The lowest BCUT2D eigenvalue weighted by molar-refractivity contribution is -0.141. The van der Waals surface area contributed by atoms with Crippen LogP contribution in [0.5, 0.6) is 0 Å². The van der Waals surface area contributed by atoms with Gasteiger partial charge in [-0.2, -0.15) is 0 Å². The number of carbonyl (C=O) groups is 2. The Morgan fingerprint density at radius 1 is 1.17 bits per heavy atom.